The zero-order valence-electron chi connectivity index (χ0n) is 17.9. The smallest absolute Gasteiger partial charge is 0.261 e. The molecule has 4 aromatic rings. The van der Waals surface area contributed by atoms with E-state index in [0.29, 0.717) is 17.8 Å². The van der Waals surface area contributed by atoms with Gasteiger partial charge in [-0.1, -0.05) is 66.2 Å². The van der Waals surface area contributed by atoms with Gasteiger partial charge < -0.3 is 4.90 Å². The number of hydrogen-bond acceptors (Lipinski definition) is 3. The molecular formula is C26H24N2O3S. The van der Waals surface area contributed by atoms with Crippen molar-refractivity contribution in [2.24, 2.45) is 0 Å². The second-order valence-corrected chi connectivity index (χ2v) is 9.48. The molecule has 4 rings (SSSR count). The van der Waals surface area contributed by atoms with Gasteiger partial charge in [-0.15, -0.1) is 0 Å². The lowest BCUT2D eigenvalue weighted by Crippen LogP contribution is -2.26. The van der Waals surface area contributed by atoms with Crippen LogP contribution in [0.3, 0.4) is 0 Å². The molecular weight excluding hydrogens is 420 g/mol. The number of fused-ring (bicyclic) bond motifs is 1. The zero-order chi connectivity index (χ0) is 22.7. The van der Waals surface area contributed by atoms with Crippen molar-refractivity contribution in [3.63, 3.8) is 0 Å². The van der Waals surface area contributed by atoms with E-state index in [0.717, 1.165) is 21.9 Å². The van der Waals surface area contributed by atoms with Crippen LogP contribution in [-0.4, -0.2) is 26.3 Å². The number of amides is 1. The van der Waals surface area contributed by atoms with Gasteiger partial charge in [0.25, 0.3) is 15.9 Å². The van der Waals surface area contributed by atoms with E-state index in [1.165, 1.54) is 0 Å². The lowest BCUT2D eigenvalue weighted by molar-refractivity contribution is 0.0785. The highest BCUT2D eigenvalue weighted by molar-refractivity contribution is 7.92. The second-order valence-electron chi connectivity index (χ2n) is 7.80. The Morgan fingerprint density at radius 3 is 2.34 bits per heavy atom. The van der Waals surface area contributed by atoms with Gasteiger partial charge in [0.05, 0.1) is 4.90 Å². The summed E-state index contributed by atoms with van der Waals surface area (Å²) in [5.41, 5.74) is 2.78. The van der Waals surface area contributed by atoms with Crippen LogP contribution >= 0.6 is 0 Å². The molecule has 0 aliphatic rings. The molecule has 5 nitrogen and oxygen atoms in total. The summed E-state index contributed by atoms with van der Waals surface area (Å²) in [6.07, 6.45) is 0. The highest BCUT2D eigenvalue weighted by Crippen LogP contribution is 2.22. The van der Waals surface area contributed by atoms with E-state index >= 15 is 0 Å². The van der Waals surface area contributed by atoms with Crippen molar-refractivity contribution in [1.82, 2.24) is 4.90 Å². The molecule has 6 heteroatoms. The first kappa shape index (κ1) is 21.6. The first-order valence-electron chi connectivity index (χ1n) is 10.3. The van der Waals surface area contributed by atoms with Crippen LogP contribution in [0.2, 0.25) is 0 Å². The molecule has 0 saturated carbocycles. The standard InChI is InChI=1S/C26H24N2O3S/c1-19-13-15-24(16-14-19)32(30,31)27-23-11-6-9-21(17-23)26(29)28(2)18-22-10-5-8-20-7-3-4-12-25(20)22/h3-17,27H,18H2,1-2H3. The highest BCUT2D eigenvalue weighted by Gasteiger charge is 2.17. The maximum Gasteiger partial charge on any atom is 0.261 e. The monoisotopic (exact) mass is 444 g/mol. The van der Waals surface area contributed by atoms with E-state index in [2.05, 4.69) is 4.72 Å². The third-order valence-corrected chi connectivity index (χ3v) is 6.72. The summed E-state index contributed by atoms with van der Waals surface area (Å²) in [5, 5.41) is 2.23. The number of benzene rings is 4. The minimum atomic E-state index is -3.74. The third-order valence-electron chi connectivity index (χ3n) is 5.33. The number of carbonyl (C=O) groups is 1. The van der Waals surface area contributed by atoms with Gasteiger partial charge in [0, 0.05) is 24.8 Å². The molecule has 1 amide bonds. The molecule has 1 N–H and O–H groups in total. The molecule has 0 heterocycles. The molecule has 0 aliphatic heterocycles. The van der Waals surface area contributed by atoms with Crippen LogP contribution in [0, 0.1) is 6.92 Å². The van der Waals surface area contributed by atoms with Crippen LogP contribution in [0.5, 0.6) is 0 Å². The Bertz CT molecular complexity index is 1370. The van der Waals surface area contributed by atoms with E-state index in [9.17, 15) is 13.2 Å². The molecule has 0 fully saturated rings. The summed E-state index contributed by atoms with van der Waals surface area (Å²) in [6, 6.07) is 27.3. The van der Waals surface area contributed by atoms with Crippen LogP contribution in [-0.2, 0) is 16.6 Å². The van der Waals surface area contributed by atoms with Crippen molar-refractivity contribution in [2.45, 2.75) is 18.4 Å². The number of sulfonamides is 1. The lowest BCUT2D eigenvalue weighted by Gasteiger charge is -2.19. The van der Waals surface area contributed by atoms with Gasteiger partial charge in [-0.25, -0.2) is 8.42 Å². The lowest BCUT2D eigenvalue weighted by atomic mass is 10.0. The van der Waals surface area contributed by atoms with Gasteiger partial charge in [-0.3, -0.25) is 9.52 Å². The number of nitrogens with zero attached hydrogens (tertiary/aromatic N) is 1. The predicted octanol–water partition coefficient (Wildman–Crippen LogP) is 5.22. The number of anilines is 1. The Hall–Kier alpha value is -3.64. The summed E-state index contributed by atoms with van der Waals surface area (Å²) < 4.78 is 27.9. The van der Waals surface area contributed by atoms with Crippen molar-refractivity contribution in [2.75, 3.05) is 11.8 Å². The molecule has 0 atom stereocenters. The number of rotatable bonds is 6. The Balaban J connectivity index is 1.53. The van der Waals surface area contributed by atoms with Crippen molar-refractivity contribution in [3.05, 3.63) is 108 Å². The topological polar surface area (TPSA) is 66.5 Å². The molecule has 162 valence electrons. The van der Waals surface area contributed by atoms with Crippen molar-refractivity contribution in [3.8, 4) is 0 Å². The minimum Gasteiger partial charge on any atom is -0.337 e. The predicted molar refractivity (Wildman–Crippen MR) is 128 cm³/mol. The zero-order valence-corrected chi connectivity index (χ0v) is 18.8. The van der Waals surface area contributed by atoms with Gasteiger partial charge in [0.2, 0.25) is 0 Å². The fourth-order valence-electron chi connectivity index (χ4n) is 3.63. The largest absolute Gasteiger partial charge is 0.337 e. The van der Waals surface area contributed by atoms with Crippen LogP contribution in [0.15, 0.2) is 95.9 Å². The Kier molecular flexibility index (Phi) is 5.97. The van der Waals surface area contributed by atoms with E-state index in [-0.39, 0.29) is 10.8 Å². The SMILES string of the molecule is Cc1ccc(S(=O)(=O)Nc2cccc(C(=O)N(C)Cc3cccc4ccccc34)c2)cc1. The van der Waals surface area contributed by atoms with Crippen LogP contribution < -0.4 is 4.72 Å². The third kappa shape index (κ3) is 4.65. The van der Waals surface area contributed by atoms with Crippen LogP contribution in [0.25, 0.3) is 10.8 Å². The fourth-order valence-corrected chi connectivity index (χ4v) is 4.67. The Labute approximate surface area is 188 Å². The van der Waals surface area contributed by atoms with E-state index in [4.69, 9.17) is 0 Å². The average Bonchev–Trinajstić information content (AvgIpc) is 2.79. The summed E-state index contributed by atoms with van der Waals surface area (Å²) in [7, 11) is -2.00. The van der Waals surface area contributed by atoms with E-state index < -0.39 is 10.0 Å². The molecule has 0 radical (unpaired) electrons. The van der Waals surface area contributed by atoms with Crippen molar-refractivity contribution < 1.29 is 13.2 Å². The van der Waals surface area contributed by atoms with E-state index in [1.807, 2.05) is 49.4 Å². The second kappa shape index (κ2) is 8.85. The molecule has 32 heavy (non-hydrogen) atoms. The van der Waals surface area contributed by atoms with Crippen molar-refractivity contribution >= 4 is 32.4 Å². The van der Waals surface area contributed by atoms with Gasteiger partial charge in [0.15, 0.2) is 0 Å². The highest BCUT2D eigenvalue weighted by atomic mass is 32.2. The summed E-state index contributed by atoms with van der Waals surface area (Å²) >= 11 is 0. The molecule has 0 spiro atoms. The first-order chi connectivity index (χ1) is 15.3. The Morgan fingerprint density at radius 1 is 0.875 bits per heavy atom. The number of carbonyl (C=O) groups excluding carboxylic acids is 1. The van der Waals surface area contributed by atoms with Gasteiger partial charge in [0.1, 0.15) is 0 Å². The molecule has 0 saturated heterocycles. The molecule has 4 aromatic carbocycles. The van der Waals surface area contributed by atoms with E-state index in [1.54, 1.807) is 60.5 Å². The van der Waals surface area contributed by atoms with Gasteiger partial charge in [-0.2, -0.15) is 0 Å². The van der Waals surface area contributed by atoms with Gasteiger partial charge in [-0.05, 0) is 53.6 Å². The quantitative estimate of drug-likeness (QED) is 0.443. The number of aryl methyl sites for hydroxylation is 1. The fraction of sp³-hybridized carbons (Fsp3) is 0.115. The normalized spacial score (nSPS) is 11.3. The molecule has 0 unspecified atom stereocenters. The van der Waals surface area contributed by atoms with Gasteiger partial charge >= 0.3 is 0 Å². The number of nitrogens with one attached hydrogen (secondary N) is 1. The maximum absolute atomic E-state index is 13.1. The number of hydrogen-bond donors (Lipinski definition) is 1. The molecule has 0 bridgehead atoms. The van der Waals surface area contributed by atoms with Crippen LogP contribution in [0.4, 0.5) is 5.69 Å². The Morgan fingerprint density at radius 2 is 1.56 bits per heavy atom. The summed E-state index contributed by atoms with van der Waals surface area (Å²) in [4.78, 5) is 14.9. The molecule has 0 aliphatic carbocycles. The van der Waals surface area contributed by atoms with Crippen molar-refractivity contribution in [1.29, 1.82) is 0 Å². The maximum atomic E-state index is 13.1. The van der Waals surface area contributed by atoms with Crippen LogP contribution in [0.1, 0.15) is 21.5 Å². The average molecular weight is 445 g/mol. The first-order valence-corrected chi connectivity index (χ1v) is 11.7. The summed E-state index contributed by atoms with van der Waals surface area (Å²) in [5.74, 6) is -0.186. The summed E-state index contributed by atoms with van der Waals surface area (Å²) in [6.45, 7) is 2.34. The minimum absolute atomic E-state index is 0.174. The molecule has 0 aromatic heterocycles.